The Labute approximate surface area is 751 Å². The first-order valence-electron chi connectivity index (χ1n) is 41.5. The van der Waals surface area contributed by atoms with Crippen LogP contribution in [-0.2, 0) is 32.3 Å². The number of halogens is 8. The predicted octanol–water partition coefficient (Wildman–Crippen LogP) is 23.9. The standard InChI is InChI=1S/C27H35FN4O3.C18H23ClFN3O.C18H25FN4O.C10H21NO.C9H13NO2.C8H3Cl2FN2.C2H6.CH4.ClH/c1-6-7-13-27(3,14-12-18(2)33)32-25-22-11-9-20(28)15-23(22)30-26(31-25)29-17-19-8-10-21(34-4)16-24(19)35-5;1-4-5-9-18(3,10-8-12(2)24)23-16-14-7-6-13(20)11-15(14)21-17(19)22-16;1-4-5-9-18(3,10-8-12(2)24)23-16-14-7-6-13(19)11-15(14)21-17(20)22-16;1-4-5-7-10(3,11)8-6-9(2)12;1-11-8-4-3-7(6-10)9(5-8)12-2;9-7-5-2-1-4(11)3-6(5)12-8(10)13-7;1-2;;/h8-11,15-16H,6-7,12-14,17H2,1-5H3,(H2,29,30,31,32);6-7,11H,4-5,8-10H2,1-3H3,(H,21,22,23);6-7,11H,4-5,8-10H2,1-3H3,(H3,20,21,22,23);4-8,11H2,1-3H3;3-5H,6,10H2,1-2H3;1-3H;1-2H3;1H4;1H/t27-;2*18-;10-;;;;;/m1111...../s1. The minimum Gasteiger partial charge on any atom is -0.497 e. The molecule has 0 aliphatic heterocycles. The number of nitrogens with one attached hydrogen (secondary N) is 4. The number of carbonyl (C=O) groups is 4. The number of fused-ring (bicyclic) bond motifs is 4. The second kappa shape index (κ2) is 55.7. The molecule has 0 fully saturated rings. The first-order valence-corrected chi connectivity index (χ1v) is 42.6. The molecule has 23 nitrogen and oxygen atoms in total. The largest absolute Gasteiger partial charge is 0.497 e. The zero-order chi connectivity index (χ0) is 90.9. The molecular weight excluding hydrogens is 1670 g/mol. The molecule has 0 aliphatic rings. The van der Waals surface area contributed by atoms with Crippen LogP contribution in [0.15, 0.2) is 109 Å². The maximum absolute atomic E-state index is 14.1. The normalized spacial score (nSPS) is 12.5. The molecule has 0 unspecified atom stereocenters. The van der Waals surface area contributed by atoms with Crippen molar-refractivity contribution < 1.29 is 55.7 Å². The number of Topliss-reactive ketones (excluding diaryl/α,β-unsaturated/α-hetero) is 4. The maximum atomic E-state index is 14.1. The number of anilines is 5. The Balaban J connectivity index is 0.000000523. The van der Waals surface area contributed by atoms with Gasteiger partial charge in [-0.1, -0.05) is 118 Å². The third-order valence-corrected chi connectivity index (χ3v) is 20.6. The summed E-state index contributed by atoms with van der Waals surface area (Å²) >= 11 is 17.3. The van der Waals surface area contributed by atoms with Crippen LogP contribution in [0.3, 0.4) is 0 Å². The van der Waals surface area contributed by atoms with Crippen LogP contribution < -0.4 is 57.4 Å². The molecule has 10 rings (SSSR count). The molecule has 31 heteroatoms. The van der Waals surface area contributed by atoms with Crippen LogP contribution in [-0.4, -0.2) is 114 Å². The summed E-state index contributed by atoms with van der Waals surface area (Å²) in [6.07, 6.45) is 17.3. The van der Waals surface area contributed by atoms with Gasteiger partial charge in [0.05, 0.1) is 50.5 Å². The van der Waals surface area contributed by atoms with E-state index >= 15 is 0 Å². The van der Waals surface area contributed by atoms with Gasteiger partial charge in [0.15, 0.2) is 0 Å². The van der Waals surface area contributed by atoms with Gasteiger partial charge in [-0.15, -0.1) is 12.4 Å². The average Bonchev–Trinajstić information content (AvgIpc) is 0.805. The van der Waals surface area contributed by atoms with Gasteiger partial charge in [0, 0.05) is 130 Å². The number of ketones is 4. The predicted molar refractivity (Wildman–Crippen MR) is 503 cm³/mol. The molecular formula is C93H131Cl4F4N15O8. The minimum absolute atomic E-state index is 0. The van der Waals surface area contributed by atoms with E-state index in [0.717, 1.165) is 110 Å². The van der Waals surface area contributed by atoms with Gasteiger partial charge in [0.1, 0.15) is 92.0 Å². The minimum atomic E-state index is -0.377. The second-order valence-corrected chi connectivity index (χ2v) is 32.0. The van der Waals surface area contributed by atoms with E-state index in [0.29, 0.717) is 126 Å². The molecule has 0 saturated carbocycles. The molecule has 4 atom stereocenters. The Morgan fingerprint density at radius 2 is 0.758 bits per heavy atom. The summed E-state index contributed by atoms with van der Waals surface area (Å²) in [6, 6.07) is 28.5. The smallest absolute Gasteiger partial charge is 0.225 e. The van der Waals surface area contributed by atoms with Gasteiger partial charge in [0.2, 0.25) is 22.5 Å². The second-order valence-electron chi connectivity index (χ2n) is 30.9. The molecule has 682 valence electrons. The fraction of sp³-hybridized carbons (Fsp3) is 0.484. The van der Waals surface area contributed by atoms with Crippen LogP contribution in [0.2, 0.25) is 15.7 Å². The molecule has 10 aromatic rings. The van der Waals surface area contributed by atoms with Crippen molar-refractivity contribution in [3.63, 3.8) is 0 Å². The molecule has 0 amide bonds. The Bertz CT molecular complexity index is 4870. The summed E-state index contributed by atoms with van der Waals surface area (Å²) in [6.45, 7) is 28.2. The van der Waals surface area contributed by atoms with E-state index in [9.17, 15) is 36.7 Å². The quantitative estimate of drug-likeness (QED) is 0.0107. The van der Waals surface area contributed by atoms with E-state index in [4.69, 9.17) is 75.9 Å². The van der Waals surface area contributed by atoms with E-state index < -0.39 is 0 Å². The highest BCUT2D eigenvalue weighted by Crippen LogP contribution is 2.36. The summed E-state index contributed by atoms with van der Waals surface area (Å²) in [5, 5.41) is 16.8. The fourth-order valence-corrected chi connectivity index (χ4v) is 13.4. The van der Waals surface area contributed by atoms with E-state index in [1.165, 1.54) is 61.0 Å². The van der Waals surface area contributed by atoms with Gasteiger partial charge >= 0.3 is 0 Å². The van der Waals surface area contributed by atoms with Crippen molar-refractivity contribution in [1.82, 2.24) is 39.9 Å². The van der Waals surface area contributed by atoms with Gasteiger partial charge in [-0.25, -0.2) is 47.5 Å². The lowest BCUT2D eigenvalue weighted by Crippen LogP contribution is -2.36. The van der Waals surface area contributed by atoms with Gasteiger partial charge in [-0.2, -0.15) is 9.97 Å². The van der Waals surface area contributed by atoms with Crippen molar-refractivity contribution in [2.24, 2.45) is 11.5 Å². The lowest BCUT2D eigenvalue weighted by molar-refractivity contribution is -0.118. The number of ether oxygens (including phenoxy) is 4. The first-order chi connectivity index (χ1) is 57.9. The number of nitrogens with two attached hydrogens (primary N) is 3. The molecule has 0 aliphatic carbocycles. The van der Waals surface area contributed by atoms with Gasteiger partial charge in [-0.05, 0) is 197 Å². The first kappa shape index (κ1) is 110. The summed E-state index contributed by atoms with van der Waals surface area (Å²) in [7, 11) is 6.45. The summed E-state index contributed by atoms with van der Waals surface area (Å²) in [5.41, 5.74) is 19.9. The number of benzene rings is 6. The average molecular weight is 1800 g/mol. The summed E-state index contributed by atoms with van der Waals surface area (Å²) < 4.78 is 74.6. The highest BCUT2D eigenvalue weighted by molar-refractivity contribution is 6.35. The van der Waals surface area contributed by atoms with Crippen molar-refractivity contribution in [1.29, 1.82) is 0 Å². The fourth-order valence-electron chi connectivity index (χ4n) is 12.7. The van der Waals surface area contributed by atoms with Crippen LogP contribution in [0.25, 0.3) is 43.6 Å². The monoisotopic (exact) mass is 1800 g/mol. The third-order valence-electron chi connectivity index (χ3n) is 19.9. The number of rotatable bonds is 38. The maximum Gasteiger partial charge on any atom is 0.225 e. The number of unbranched alkanes of at least 4 members (excludes halogenated alkanes) is 4. The van der Waals surface area contributed by atoms with E-state index in [-0.39, 0.29) is 110 Å². The number of aromatic nitrogens is 8. The van der Waals surface area contributed by atoms with Gasteiger partial charge in [0.25, 0.3) is 0 Å². The van der Waals surface area contributed by atoms with Crippen LogP contribution in [0.1, 0.15) is 244 Å². The molecule has 124 heavy (non-hydrogen) atoms. The Kier molecular flexibility index (Phi) is 49.6. The number of hydrogen-bond donors (Lipinski definition) is 7. The van der Waals surface area contributed by atoms with Crippen LogP contribution in [0.5, 0.6) is 23.0 Å². The molecule has 6 aromatic carbocycles. The Hall–Kier alpha value is -9.64. The van der Waals surface area contributed by atoms with Crippen molar-refractivity contribution >= 4 is 143 Å². The summed E-state index contributed by atoms with van der Waals surface area (Å²) in [5.74, 6) is 4.41. The highest BCUT2D eigenvalue weighted by atomic mass is 35.5. The van der Waals surface area contributed by atoms with Crippen LogP contribution in [0, 0.1) is 23.3 Å². The van der Waals surface area contributed by atoms with Crippen molar-refractivity contribution in [3.05, 3.63) is 159 Å². The lowest BCUT2D eigenvalue weighted by Gasteiger charge is -2.32. The Morgan fingerprint density at radius 1 is 0.419 bits per heavy atom. The van der Waals surface area contributed by atoms with Crippen molar-refractivity contribution in [2.45, 2.75) is 268 Å². The molecule has 10 N–H and O–H groups in total. The number of carbonyl (C=O) groups excluding carboxylic acids is 4. The SMILES string of the molecule is C.CC.CCCC[C@@](C)(N)CCC(C)=O.CCCC[C@](C)(CCC(C)=O)Nc1nc(Cl)nc2cc(F)ccc12.CCCC[C@](C)(CCC(C)=O)Nc1nc(N)nc2cc(F)ccc12.CCCC[C@](C)(CCC(C)=O)Nc1nc(NCc2ccc(OC)cc2OC)nc2cc(F)ccc12.COc1ccc(CN)c(OC)c1.Cl.Fc1ccc2c(Cl)nc(Cl)nc2c1. The molecule has 4 aromatic heterocycles. The van der Waals surface area contributed by atoms with Crippen LogP contribution >= 0.6 is 47.2 Å². The third kappa shape index (κ3) is 38.5. The van der Waals surface area contributed by atoms with E-state index in [1.807, 2.05) is 57.2 Å². The van der Waals surface area contributed by atoms with E-state index in [2.05, 4.69) is 105 Å². The van der Waals surface area contributed by atoms with E-state index in [1.54, 1.807) is 74.3 Å². The topological polar surface area (TPSA) is 334 Å². The molecule has 0 bridgehead atoms. The lowest BCUT2D eigenvalue weighted by atomic mass is 9.88. The summed E-state index contributed by atoms with van der Waals surface area (Å²) in [4.78, 5) is 78.8. The number of hydrogen-bond acceptors (Lipinski definition) is 23. The zero-order valence-corrected chi connectivity index (χ0v) is 77.7. The molecule has 0 radical (unpaired) electrons. The molecule has 4 heterocycles. The Morgan fingerprint density at radius 3 is 1.15 bits per heavy atom. The molecule has 0 spiro atoms. The zero-order valence-electron chi connectivity index (χ0n) is 74.6. The van der Waals surface area contributed by atoms with Crippen molar-refractivity contribution in [2.75, 3.05) is 55.4 Å². The number of nitrogen functional groups attached to an aromatic ring is 1. The van der Waals surface area contributed by atoms with Crippen molar-refractivity contribution in [3.8, 4) is 23.0 Å². The number of methoxy groups -OCH3 is 4. The molecule has 0 saturated heterocycles. The highest BCUT2D eigenvalue weighted by Gasteiger charge is 2.30. The van der Waals surface area contributed by atoms with Gasteiger partial charge < -0.3 is 76.6 Å². The van der Waals surface area contributed by atoms with Gasteiger partial charge in [-0.3, -0.25) is 0 Å². The number of nitrogens with zero attached hydrogens (tertiary/aromatic N) is 8. The van der Waals surface area contributed by atoms with Crippen LogP contribution in [0.4, 0.5) is 46.9 Å².